The number of nitrogens with zero attached hydrogens (tertiary/aromatic N) is 5. The summed E-state index contributed by atoms with van der Waals surface area (Å²) < 4.78 is 4.13. The minimum Gasteiger partial charge on any atom is -0.308 e. The third-order valence-electron chi connectivity index (χ3n) is 4.34. The lowest BCUT2D eigenvalue weighted by Gasteiger charge is -2.19. The van der Waals surface area contributed by atoms with Crippen LogP contribution in [0.25, 0.3) is 11.2 Å². The van der Waals surface area contributed by atoms with Gasteiger partial charge >= 0.3 is 0 Å². The molecule has 4 rings (SSSR count). The average Bonchev–Trinajstić information content (AvgIpc) is 3.21. The highest BCUT2D eigenvalue weighted by molar-refractivity contribution is 5.56. The van der Waals surface area contributed by atoms with Crippen molar-refractivity contribution in [1.82, 2.24) is 23.8 Å². The van der Waals surface area contributed by atoms with Gasteiger partial charge in [-0.2, -0.15) is 0 Å². The SMILES string of the molecule is CC(C)(C)c1cncc2nccn12.CC(C)(C)c1cncn2cccc12. The van der Waals surface area contributed by atoms with Crippen molar-refractivity contribution >= 4 is 11.2 Å². The lowest BCUT2D eigenvalue weighted by molar-refractivity contribution is 0.557. The summed E-state index contributed by atoms with van der Waals surface area (Å²) in [5.74, 6) is 0. The van der Waals surface area contributed by atoms with Crippen molar-refractivity contribution in [3.63, 3.8) is 0 Å². The minimum absolute atomic E-state index is 0.104. The molecule has 0 bridgehead atoms. The number of rotatable bonds is 0. The molecule has 4 aromatic heterocycles. The lowest BCUT2D eigenvalue weighted by atomic mass is 9.88. The van der Waals surface area contributed by atoms with Gasteiger partial charge in [0.2, 0.25) is 0 Å². The van der Waals surface area contributed by atoms with Gasteiger partial charge in [0.1, 0.15) is 0 Å². The van der Waals surface area contributed by atoms with Gasteiger partial charge in [-0.25, -0.2) is 9.97 Å². The summed E-state index contributed by atoms with van der Waals surface area (Å²) >= 11 is 0. The van der Waals surface area contributed by atoms with Crippen molar-refractivity contribution < 1.29 is 0 Å². The summed E-state index contributed by atoms with van der Waals surface area (Å²) in [7, 11) is 0. The van der Waals surface area contributed by atoms with Gasteiger partial charge in [0.25, 0.3) is 0 Å². The molecule has 0 aliphatic heterocycles. The van der Waals surface area contributed by atoms with Gasteiger partial charge in [0, 0.05) is 42.1 Å². The van der Waals surface area contributed by atoms with Crippen LogP contribution in [0.15, 0.2) is 55.6 Å². The molecular weight excluding hydrogens is 322 g/mol. The fourth-order valence-corrected chi connectivity index (χ4v) is 2.95. The zero-order valence-corrected chi connectivity index (χ0v) is 16.4. The van der Waals surface area contributed by atoms with Gasteiger partial charge in [-0.15, -0.1) is 0 Å². The molecule has 0 aromatic carbocycles. The maximum Gasteiger partial charge on any atom is 0.155 e. The monoisotopic (exact) mass is 349 g/mol. The van der Waals surface area contributed by atoms with Crippen molar-refractivity contribution in [2.45, 2.75) is 52.4 Å². The second-order valence-corrected chi connectivity index (χ2v) is 8.56. The summed E-state index contributed by atoms with van der Waals surface area (Å²) in [6, 6.07) is 4.18. The highest BCUT2D eigenvalue weighted by Gasteiger charge is 2.17. The first-order valence-electron chi connectivity index (χ1n) is 8.86. The molecule has 0 saturated carbocycles. The third-order valence-corrected chi connectivity index (χ3v) is 4.34. The van der Waals surface area contributed by atoms with E-state index in [1.54, 1.807) is 12.4 Å². The highest BCUT2D eigenvalue weighted by atomic mass is 15.0. The fourth-order valence-electron chi connectivity index (χ4n) is 2.95. The second-order valence-electron chi connectivity index (χ2n) is 8.56. The highest BCUT2D eigenvalue weighted by Crippen LogP contribution is 2.25. The smallest absolute Gasteiger partial charge is 0.155 e. The Hall–Kier alpha value is -2.69. The van der Waals surface area contributed by atoms with Crippen LogP contribution in [0.5, 0.6) is 0 Å². The third kappa shape index (κ3) is 3.62. The normalized spacial score (nSPS) is 12.2. The first-order valence-corrected chi connectivity index (χ1v) is 8.86. The van der Waals surface area contributed by atoms with E-state index in [-0.39, 0.29) is 10.8 Å². The topological polar surface area (TPSA) is 47.5 Å². The van der Waals surface area contributed by atoms with E-state index >= 15 is 0 Å². The van der Waals surface area contributed by atoms with E-state index in [1.165, 1.54) is 16.8 Å². The molecule has 5 heteroatoms. The van der Waals surface area contributed by atoms with Crippen molar-refractivity contribution in [1.29, 1.82) is 0 Å². The van der Waals surface area contributed by atoms with E-state index in [4.69, 9.17) is 0 Å². The Morgan fingerprint density at radius 3 is 2.31 bits per heavy atom. The Morgan fingerprint density at radius 2 is 1.62 bits per heavy atom. The Balaban J connectivity index is 0.000000151. The van der Waals surface area contributed by atoms with Gasteiger partial charge in [-0.3, -0.25) is 4.98 Å². The maximum absolute atomic E-state index is 4.21. The van der Waals surface area contributed by atoms with Crippen molar-refractivity contribution in [2.75, 3.05) is 0 Å². The van der Waals surface area contributed by atoms with Gasteiger partial charge in [0.15, 0.2) is 5.65 Å². The summed E-state index contributed by atoms with van der Waals surface area (Å²) in [5, 5.41) is 0. The van der Waals surface area contributed by atoms with Crippen LogP contribution in [0.1, 0.15) is 52.8 Å². The van der Waals surface area contributed by atoms with Crippen LogP contribution in [0.4, 0.5) is 0 Å². The minimum atomic E-state index is 0.104. The zero-order valence-electron chi connectivity index (χ0n) is 16.4. The van der Waals surface area contributed by atoms with E-state index < -0.39 is 0 Å². The standard InChI is InChI=1S/C11H14N2.C10H13N3/c1-11(2,3)9-7-12-8-13-6-4-5-10(9)13;1-10(2,3)8-6-11-7-9-12-4-5-13(8)9/h4-8H,1-3H3;4-7H,1-3H3. The molecule has 0 aliphatic carbocycles. The first kappa shape index (κ1) is 18.1. The molecule has 0 amide bonds. The molecule has 4 heterocycles. The number of hydrogen-bond donors (Lipinski definition) is 0. The fraction of sp³-hybridized carbons (Fsp3) is 0.381. The number of imidazole rings is 1. The Kier molecular flexibility index (Phi) is 4.57. The average molecular weight is 349 g/mol. The number of hydrogen-bond acceptors (Lipinski definition) is 3. The first-order chi connectivity index (χ1) is 12.2. The van der Waals surface area contributed by atoms with Crippen LogP contribution in [0.3, 0.4) is 0 Å². The van der Waals surface area contributed by atoms with Crippen LogP contribution in [0.2, 0.25) is 0 Å². The van der Waals surface area contributed by atoms with E-state index in [0.717, 1.165) is 5.65 Å². The quantitative estimate of drug-likeness (QED) is 0.464. The maximum atomic E-state index is 4.21. The molecule has 0 atom stereocenters. The van der Waals surface area contributed by atoms with Gasteiger partial charge < -0.3 is 8.80 Å². The van der Waals surface area contributed by atoms with Crippen LogP contribution in [-0.2, 0) is 10.8 Å². The second kappa shape index (κ2) is 6.56. The molecule has 0 N–H and O–H groups in total. The molecule has 0 unspecified atom stereocenters. The summed E-state index contributed by atoms with van der Waals surface area (Å²) in [6.45, 7) is 13.1. The van der Waals surface area contributed by atoms with Gasteiger partial charge in [-0.05, 0) is 23.1 Å². The van der Waals surface area contributed by atoms with Crippen LogP contribution < -0.4 is 0 Å². The van der Waals surface area contributed by atoms with E-state index in [2.05, 4.69) is 71.4 Å². The predicted molar refractivity (Wildman–Crippen MR) is 106 cm³/mol. The molecule has 0 fully saturated rings. The van der Waals surface area contributed by atoms with Crippen LogP contribution in [0, 0.1) is 0 Å². The van der Waals surface area contributed by atoms with Crippen LogP contribution in [-0.4, -0.2) is 23.8 Å². The molecule has 0 saturated heterocycles. The lowest BCUT2D eigenvalue weighted by Crippen LogP contribution is -2.16. The van der Waals surface area contributed by atoms with Crippen LogP contribution >= 0.6 is 0 Å². The molecular formula is C21H27N5. The number of aromatic nitrogens is 5. The largest absolute Gasteiger partial charge is 0.308 e. The summed E-state index contributed by atoms with van der Waals surface area (Å²) in [5.41, 5.74) is 4.90. The number of fused-ring (bicyclic) bond motifs is 2. The van der Waals surface area contributed by atoms with E-state index in [1.807, 2.05) is 37.2 Å². The summed E-state index contributed by atoms with van der Waals surface area (Å²) in [4.78, 5) is 12.6. The molecule has 4 aromatic rings. The summed E-state index contributed by atoms with van der Waals surface area (Å²) in [6.07, 6.45) is 13.3. The Labute approximate surface area is 154 Å². The van der Waals surface area contributed by atoms with Gasteiger partial charge in [0.05, 0.1) is 18.0 Å². The van der Waals surface area contributed by atoms with Crippen molar-refractivity contribution in [3.05, 3.63) is 66.9 Å². The van der Waals surface area contributed by atoms with E-state index in [9.17, 15) is 0 Å². The Morgan fingerprint density at radius 1 is 0.846 bits per heavy atom. The van der Waals surface area contributed by atoms with E-state index in [0.29, 0.717) is 0 Å². The molecule has 5 nitrogen and oxygen atoms in total. The molecule has 26 heavy (non-hydrogen) atoms. The molecule has 0 aliphatic rings. The zero-order chi connectivity index (χ0) is 18.9. The molecule has 0 radical (unpaired) electrons. The molecule has 136 valence electrons. The van der Waals surface area contributed by atoms with Crippen molar-refractivity contribution in [3.8, 4) is 0 Å². The van der Waals surface area contributed by atoms with Gasteiger partial charge in [-0.1, -0.05) is 41.5 Å². The predicted octanol–water partition coefficient (Wildman–Crippen LogP) is 4.66. The Bertz CT molecular complexity index is 928. The molecule has 0 spiro atoms. The van der Waals surface area contributed by atoms with Crippen molar-refractivity contribution in [2.24, 2.45) is 0 Å².